The predicted molar refractivity (Wildman–Crippen MR) is 53.2 cm³/mol. The minimum Gasteiger partial charge on any atom is -0.477 e. The molecule has 3 N–H and O–H groups in total. The zero-order chi connectivity index (χ0) is 10.7. The highest BCUT2D eigenvalue weighted by Gasteiger charge is 2.17. The lowest BCUT2D eigenvalue weighted by atomic mass is 10.2. The molecule has 0 atom stereocenters. The summed E-state index contributed by atoms with van der Waals surface area (Å²) in [6.45, 7) is 4.05. The van der Waals surface area contributed by atoms with Crippen LogP contribution in [0.1, 0.15) is 43.1 Å². The molecule has 1 aromatic rings. The second kappa shape index (κ2) is 4.13. The number of carboxylic acid groups (broad SMARTS) is 1. The molecule has 0 aromatic carbocycles. The van der Waals surface area contributed by atoms with Crippen molar-refractivity contribution in [1.29, 1.82) is 0 Å². The first-order valence-corrected chi connectivity index (χ1v) is 4.68. The number of carboxylic acids is 1. The fraction of sp³-hybridized carbons (Fsp3) is 0.556. The lowest BCUT2D eigenvalue weighted by molar-refractivity contribution is 0.0698. The molecule has 0 unspecified atom stereocenters. The van der Waals surface area contributed by atoms with Gasteiger partial charge in [-0.3, -0.25) is 0 Å². The van der Waals surface area contributed by atoms with Gasteiger partial charge < -0.3 is 10.8 Å². The highest BCUT2D eigenvalue weighted by molar-refractivity contribution is 5.92. The Bertz CT molecular complexity index is 329. The van der Waals surface area contributed by atoms with Gasteiger partial charge in [0.05, 0.1) is 12.2 Å². The third-order valence-corrected chi connectivity index (χ3v) is 2.35. The van der Waals surface area contributed by atoms with E-state index in [0.717, 1.165) is 12.8 Å². The fourth-order valence-electron chi connectivity index (χ4n) is 1.46. The highest BCUT2D eigenvalue weighted by atomic mass is 16.4. The summed E-state index contributed by atoms with van der Waals surface area (Å²) in [6.07, 6.45) is 3.08. The minimum atomic E-state index is -1.03. The van der Waals surface area contributed by atoms with Crippen LogP contribution in [0.4, 0.5) is 5.82 Å². The van der Waals surface area contributed by atoms with Crippen molar-refractivity contribution in [3.63, 3.8) is 0 Å². The normalized spacial score (nSPS) is 10.8. The first-order valence-electron chi connectivity index (χ1n) is 4.68. The van der Waals surface area contributed by atoms with Gasteiger partial charge in [0.2, 0.25) is 0 Å². The van der Waals surface area contributed by atoms with Crippen LogP contribution in [0.15, 0.2) is 6.20 Å². The van der Waals surface area contributed by atoms with Gasteiger partial charge in [-0.25, -0.2) is 9.48 Å². The largest absolute Gasteiger partial charge is 0.477 e. The monoisotopic (exact) mass is 197 g/mol. The van der Waals surface area contributed by atoms with Crippen LogP contribution in [0, 0.1) is 0 Å². The van der Waals surface area contributed by atoms with Crippen molar-refractivity contribution in [2.24, 2.45) is 0 Å². The van der Waals surface area contributed by atoms with E-state index in [4.69, 9.17) is 10.8 Å². The Morgan fingerprint density at radius 2 is 2.21 bits per heavy atom. The average molecular weight is 197 g/mol. The third-order valence-electron chi connectivity index (χ3n) is 2.35. The van der Waals surface area contributed by atoms with Crippen LogP contribution in [0.3, 0.4) is 0 Å². The number of aromatic nitrogens is 2. The molecule has 5 nitrogen and oxygen atoms in total. The van der Waals surface area contributed by atoms with E-state index in [1.165, 1.54) is 6.20 Å². The van der Waals surface area contributed by atoms with Gasteiger partial charge >= 0.3 is 5.97 Å². The van der Waals surface area contributed by atoms with E-state index in [9.17, 15) is 4.79 Å². The lowest BCUT2D eigenvalue weighted by Gasteiger charge is -2.14. The Morgan fingerprint density at radius 3 is 2.57 bits per heavy atom. The number of anilines is 1. The molecular formula is C9H15N3O2. The summed E-state index contributed by atoms with van der Waals surface area (Å²) in [5.41, 5.74) is 5.76. The second-order valence-corrected chi connectivity index (χ2v) is 3.16. The Morgan fingerprint density at radius 1 is 1.64 bits per heavy atom. The van der Waals surface area contributed by atoms with Gasteiger partial charge in [0, 0.05) is 0 Å². The molecule has 1 heterocycles. The highest BCUT2D eigenvalue weighted by Crippen LogP contribution is 2.21. The molecule has 0 aliphatic rings. The summed E-state index contributed by atoms with van der Waals surface area (Å²) in [4.78, 5) is 10.7. The maximum absolute atomic E-state index is 10.7. The summed E-state index contributed by atoms with van der Waals surface area (Å²) < 4.78 is 1.59. The Hall–Kier alpha value is -1.52. The molecule has 0 aliphatic carbocycles. The van der Waals surface area contributed by atoms with Crippen molar-refractivity contribution >= 4 is 11.8 Å². The van der Waals surface area contributed by atoms with Crippen LogP contribution < -0.4 is 5.73 Å². The molecule has 0 spiro atoms. The predicted octanol–water partition coefficient (Wildman–Crippen LogP) is 1.52. The number of hydrogen-bond acceptors (Lipinski definition) is 3. The third kappa shape index (κ3) is 1.71. The van der Waals surface area contributed by atoms with E-state index in [2.05, 4.69) is 5.10 Å². The Kier molecular flexibility index (Phi) is 3.11. The number of nitrogens with two attached hydrogens (primary N) is 1. The summed E-state index contributed by atoms with van der Waals surface area (Å²) in [5, 5.41) is 12.8. The number of rotatable bonds is 4. The van der Waals surface area contributed by atoms with Crippen LogP contribution in [0.2, 0.25) is 0 Å². The number of nitrogens with zero attached hydrogens (tertiary/aromatic N) is 2. The van der Waals surface area contributed by atoms with Gasteiger partial charge in [0.15, 0.2) is 0 Å². The SMILES string of the molecule is CCC(CC)n1ncc(C(=O)O)c1N. The van der Waals surface area contributed by atoms with Crippen LogP contribution in [-0.4, -0.2) is 20.9 Å². The fourth-order valence-corrected chi connectivity index (χ4v) is 1.46. The zero-order valence-corrected chi connectivity index (χ0v) is 8.40. The molecular weight excluding hydrogens is 182 g/mol. The molecule has 14 heavy (non-hydrogen) atoms. The van der Waals surface area contributed by atoms with Crippen LogP contribution in [0.5, 0.6) is 0 Å². The number of hydrogen-bond donors (Lipinski definition) is 2. The first kappa shape index (κ1) is 10.6. The van der Waals surface area contributed by atoms with Gasteiger partial charge in [0.25, 0.3) is 0 Å². The van der Waals surface area contributed by atoms with E-state index in [-0.39, 0.29) is 17.4 Å². The molecule has 0 amide bonds. The molecule has 0 fully saturated rings. The van der Waals surface area contributed by atoms with Gasteiger partial charge in [-0.1, -0.05) is 13.8 Å². The van der Waals surface area contributed by atoms with Crippen molar-refractivity contribution in [2.45, 2.75) is 32.7 Å². The summed E-state index contributed by atoms with van der Waals surface area (Å²) >= 11 is 0. The van der Waals surface area contributed by atoms with E-state index < -0.39 is 5.97 Å². The van der Waals surface area contributed by atoms with Crippen LogP contribution in [0.25, 0.3) is 0 Å². The molecule has 0 aliphatic heterocycles. The standard InChI is InChI=1S/C9H15N3O2/c1-3-6(4-2)12-8(10)7(5-11-12)9(13)14/h5-6H,3-4,10H2,1-2H3,(H,13,14). The van der Waals surface area contributed by atoms with Gasteiger partial charge in [-0.05, 0) is 12.8 Å². The molecule has 1 aromatic heterocycles. The summed E-state index contributed by atoms with van der Waals surface area (Å²) in [5.74, 6) is -0.786. The van der Waals surface area contributed by atoms with Gasteiger partial charge in [-0.15, -0.1) is 0 Å². The van der Waals surface area contributed by atoms with Gasteiger partial charge in [0.1, 0.15) is 11.4 Å². The Balaban J connectivity index is 3.05. The van der Waals surface area contributed by atoms with Crippen molar-refractivity contribution in [3.05, 3.63) is 11.8 Å². The molecule has 0 saturated heterocycles. The minimum absolute atomic E-state index is 0.0805. The number of nitrogen functional groups attached to an aromatic ring is 1. The molecule has 0 bridgehead atoms. The lowest BCUT2D eigenvalue weighted by Crippen LogP contribution is -2.13. The van der Waals surface area contributed by atoms with Crippen molar-refractivity contribution < 1.29 is 9.90 Å². The Labute approximate surface area is 82.5 Å². The quantitative estimate of drug-likeness (QED) is 0.766. The average Bonchev–Trinajstić information content (AvgIpc) is 2.51. The van der Waals surface area contributed by atoms with Crippen molar-refractivity contribution in [1.82, 2.24) is 9.78 Å². The zero-order valence-electron chi connectivity index (χ0n) is 8.40. The molecule has 0 radical (unpaired) electrons. The van der Waals surface area contributed by atoms with E-state index >= 15 is 0 Å². The molecule has 78 valence electrons. The van der Waals surface area contributed by atoms with Crippen LogP contribution in [-0.2, 0) is 0 Å². The summed E-state index contributed by atoms with van der Waals surface area (Å²) in [6, 6.07) is 0.183. The molecule has 5 heteroatoms. The number of aromatic carboxylic acids is 1. The summed E-state index contributed by atoms with van der Waals surface area (Å²) in [7, 11) is 0. The van der Waals surface area contributed by atoms with E-state index in [1.807, 2.05) is 13.8 Å². The maximum Gasteiger partial charge on any atom is 0.341 e. The topological polar surface area (TPSA) is 81.1 Å². The van der Waals surface area contributed by atoms with Gasteiger partial charge in [-0.2, -0.15) is 5.10 Å². The first-order chi connectivity index (χ1) is 6.61. The molecule has 0 saturated carbocycles. The number of carbonyl (C=O) groups is 1. The van der Waals surface area contributed by atoms with Crippen molar-refractivity contribution in [3.8, 4) is 0 Å². The van der Waals surface area contributed by atoms with E-state index in [1.54, 1.807) is 4.68 Å². The maximum atomic E-state index is 10.7. The van der Waals surface area contributed by atoms with Crippen LogP contribution >= 0.6 is 0 Å². The van der Waals surface area contributed by atoms with E-state index in [0.29, 0.717) is 0 Å². The second-order valence-electron chi connectivity index (χ2n) is 3.16. The smallest absolute Gasteiger partial charge is 0.341 e. The van der Waals surface area contributed by atoms with Crippen molar-refractivity contribution in [2.75, 3.05) is 5.73 Å². The molecule has 1 rings (SSSR count).